The first-order valence-electron chi connectivity index (χ1n) is 8.12. The van der Waals surface area contributed by atoms with Gasteiger partial charge < -0.3 is 4.42 Å². The molecule has 24 heavy (non-hydrogen) atoms. The van der Waals surface area contributed by atoms with Gasteiger partial charge in [0.2, 0.25) is 10.0 Å². The number of hydrogen-bond acceptors (Lipinski definition) is 5. The van der Waals surface area contributed by atoms with Gasteiger partial charge in [0, 0.05) is 32.4 Å². The number of nitrogens with zero attached hydrogens (tertiary/aromatic N) is 3. The molecule has 0 amide bonds. The number of nitrogens with one attached hydrogen (secondary N) is 1. The van der Waals surface area contributed by atoms with Gasteiger partial charge >= 0.3 is 0 Å². The second kappa shape index (κ2) is 7.08. The van der Waals surface area contributed by atoms with Crippen LogP contribution in [0.1, 0.15) is 23.6 Å². The fourth-order valence-corrected chi connectivity index (χ4v) is 3.65. The topological polar surface area (TPSA) is 80.4 Å². The molecule has 1 N–H and O–H groups in total. The highest BCUT2D eigenvalue weighted by Gasteiger charge is 2.23. The first-order chi connectivity index (χ1) is 11.4. The van der Waals surface area contributed by atoms with Crippen molar-refractivity contribution in [3.05, 3.63) is 41.6 Å². The van der Waals surface area contributed by atoms with E-state index in [0.717, 1.165) is 44.1 Å². The Labute approximate surface area is 142 Å². The summed E-state index contributed by atoms with van der Waals surface area (Å²) in [5, 5.41) is 4.40. The first kappa shape index (κ1) is 17.2. The molecular formula is C16H24N4O3S. The number of rotatable bonds is 6. The van der Waals surface area contributed by atoms with E-state index < -0.39 is 10.0 Å². The van der Waals surface area contributed by atoms with Crippen LogP contribution in [0.4, 0.5) is 0 Å². The van der Waals surface area contributed by atoms with Crippen molar-refractivity contribution in [3.63, 3.8) is 0 Å². The quantitative estimate of drug-likeness (QED) is 0.849. The van der Waals surface area contributed by atoms with E-state index in [1.165, 1.54) is 11.9 Å². The highest BCUT2D eigenvalue weighted by Crippen LogP contribution is 2.20. The minimum atomic E-state index is -3.14. The number of fused-ring (bicyclic) bond motifs is 1. The van der Waals surface area contributed by atoms with E-state index in [9.17, 15) is 8.42 Å². The van der Waals surface area contributed by atoms with Crippen LogP contribution in [-0.2, 0) is 29.7 Å². The molecule has 8 heteroatoms. The van der Waals surface area contributed by atoms with Gasteiger partial charge in [-0.2, -0.15) is 5.10 Å². The highest BCUT2D eigenvalue weighted by atomic mass is 32.2. The minimum Gasteiger partial charge on any atom is -0.465 e. The molecule has 0 fully saturated rings. The molecule has 1 unspecified atom stereocenters. The predicted molar refractivity (Wildman–Crippen MR) is 90.7 cm³/mol. The van der Waals surface area contributed by atoms with Crippen LogP contribution in [0.25, 0.3) is 0 Å². The predicted octanol–water partition coefficient (Wildman–Crippen LogP) is 1.36. The van der Waals surface area contributed by atoms with Gasteiger partial charge in [-0.25, -0.2) is 13.1 Å². The second-order valence-electron chi connectivity index (χ2n) is 6.51. The smallest absolute Gasteiger partial charge is 0.208 e. The lowest BCUT2D eigenvalue weighted by atomic mass is 10.1. The summed E-state index contributed by atoms with van der Waals surface area (Å²) < 4.78 is 32.8. The summed E-state index contributed by atoms with van der Waals surface area (Å²) in [7, 11) is -3.14. The van der Waals surface area contributed by atoms with E-state index in [1.54, 1.807) is 0 Å². The average molecular weight is 352 g/mol. The van der Waals surface area contributed by atoms with E-state index >= 15 is 0 Å². The SMILES string of the molecule is Cc1ccc(CN2Cc3ccnn3CC(CCNS(C)(=O)=O)C2)o1. The largest absolute Gasteiger partial charge is 0.465 e. The van der Waals surface area contributed by atoms with Gasteiger partial charge in [-0.3, -0.25) is 9.58 Å². The van der Waals surface area contributed by atoms with Crippen molar-refractivity contribution in [2.45, 2.75) is 33.0 Å². The third-order valence-corrected chi connectivity index (χ3v) is 4.96. The Morgan fingerprint density at radius 2 is 2.17 bits per heavy atom. The zero-order chi connectivity index (χ0) is 17.2. The van der Waals surface area contributed by atoms with E-state index in [-0.39, 0.29) is 0 Å². The van der Waals surface area contributed by atoms with Crippen LogP contribution in [0.3, 0.4) is 0 Å². The fraction of sp³-hybridized carbons (Fsp3) is 0.562. The van der Waals surface area contributed by atoms with Gasteiger partial charge in [0.15, 0.2) is 0 Å². The first-order valence-corrected chi connectivity index (χ1v) is 10.0. The molecule has 132 valence electrons. The fourth-order valence-electron chi connectivity index (χ4n) is 3.16. The van der Waals surface area contributed by atoms with Crippen molar-refractivity contribution in [3.8, 4) is 0 Å². The molecule has 3 heterocycles. The minimum absolute atomic E-state index is 0.330. The maximum atomic E-state index is 11.3. The van der Waals surface area contributed by atoms with E-state index in [0.29, 0.717) is 12.5 Å². The van der Waals surface area contributed by atoms with Crippen LogP contribution in [-0.4, -0.2) is 42.4 Å². The summed E-state index contributed by atoms with van der Waals surface area (Å²) in [6, 6.07) is 6.03. The monoisotopic (exact) mass is 352 g/mol. The van der Waals surface area contributed by atoms with Gasteiger partial charge in [0.25, 0.3) is 0 Å². The average Bonchev–Trinajstić information content (AvgIpc) is 3.03. The molecular weight excluding hydrogens is 328 g/mol. The van der Waals surface area contributed by atoms with Gasteiger partial charge in [-0.15, -0.1) is 0 Å². The third-order valence-electron chi connectivity index (χ3n) is 4.23. The molecule has 1 aliphatic heterocycles. The Balaban J connectivity index is 1.68. The summed E-state index contributed by atoms with van der Waals surface area (Å²) in [4.78, 5) is 2.34. The molecule has 0 aliphatic carbocycles. The van der Waals surface area contributed by atoms with Gasteiger partial charge in [0.05, 0.1) is 18.5 Å². The standard InChI is InChI=1S/C16H24N4O3S/c1-13-3-4-16(23-13)12-19-9-14(5-8-18-24(2,21)22)10-20-15(11-19)6-7-17-20/h3-4,6-7,14,18H,5,8-12H2,1-2H3. The summed E-state index contributed by atoms with van der Waals surface area (Å²) in [6.45, 7) is 5.65. The molecule has 7 nitrogen and oxygen atoms in total. The van der Waals surface area contributed by atoms with Gasteiger partial charge in [0.1, 0.15) is 11.5 Å². The molecule has 1 atom stereocenters. The summed E-state index contributed by atoms with van der Waals surface area (Å²) in [5.41, 5.74) is 1.18. The summed E-state index contributed by atoms with van der Waals surface area (Å²) >= 11 is 0. The molecule has 0 bridgehead atoms. The number of aromatic nitrogens is 2. The maximum absolute atomic E-state index is 11.3. The molecule has 1 aliphatic rings. The number of hydrogen-bond donors (Lipinski definition) is 1. The van der Waals surface area contributed by atoms with Crippen molar-refractivity contribution < 1.29 is 12.8 Å². The molecule has 3 rings (SSSR count). The lowest BCUT2D eigenvalue weighted by Gasteiger charge is -2.23. The van der Waals surface area contributed by atoms with Gasteiger partial charge in [-0.1, -0.05) is 0 Å². The van der Waals surface area contributed by atoms with Crippen molar-refractivity contribution in [1.29, 1.82) is 0 Å². The molecule has 0 spiro atoms. The number of furan rings is 1. The van der Waals surface area contributed by atoms with Crippen molar-refractivity contribution in [2.24, 2.45) is 5.92 Å². The van der Waals surface area contributed by atoms with E-state index in [1.807, 2.05) is 36.0 Å². The lowest BCUT2D eigenvalue weighted by Crippen LogP contribution is -2.31. The third kappa shape index (κ3) is 4.68. The normalized spacial score (nSPS) is 19.2. The van der Waals surface area contributed by atoms with Crippen LogP contribution in [0.5, 0.6) is 0 Å². The Kier molecular flexibility index (Phi) is 5.07. The van der Waals surface area contributed by atoms with Crippen molar-refractivity contribution >= 4 is 10.0 Å². The number of sulfonamides is 1. The Morgan fingerprint density at radius 3 is 2.88 bits per heavy atom. The van der Waals surface area contributed by atoms with Crippen LogP contribution < -0.4 is 4.72 Å². The Bertz CT molecular complexity index is 781. The van der Waals surface area contributed by atoms with Gasteiger partial charge in [-0.05, 0) is 37.5 Å². The van der Waals surface area contributed by atoms with Crippen LogP contribution >= 0.6 is 0 Å². The second-order valence-corrected chi connectivity index (χ2v) is 8.34. The van der Waals surface area contributed by atoms with Crippen LogP contribution in [0.15, 0.2) is 28.8 Å². The summed E-state index contributed by atoms with van der Waals surface area (Å²) in [5.74, 6) is 2.20. The maximum Gasteiger partial charge on any atom is 0.208 e. The van der Waals surface area contributed by atoms with Crippen molar-refractivity contribution in [1.82, 2.24) is 19.4 Å². The molecule has 2 aromatic heterocycles. The van der Waals surface area contributed by atoms with Crippen LogP contribution in [0, 0.1) is 12.8 Å². The zero-order valence-corrected chi connectivity index (χ0v) is 14.9. The van der Waals surface area contributed by atoms with E-state index in [4.69, 9.17) is 4.42 Å². The van der Waals surface area contributed by atoms with E-state index in [2.05, 4.69) is 14.7 Å². The van der Waals surface area contributed by atoms with Crippen LogP contribution in [0.2, 0.25) is 0 Å². The molecule has 0 aromatic carbocycles. The molecule has 0 saturated heterocycles. The number of aryl methyl sites for hydroxylation is 1. The van der Waals surface area contributed by atoms with Crippen molar-refractivity contribution in [2.75, 3.05) is 19.3 Å². The lowest BCUT2D eigenvalue weighted by molar-refractivity contribution is 0.200. The Hall–Kier alpha value is -1.64. The zero-order valence-electron chi connectivity index (χ0n) is 14.1. The molecule has 0 radical (unpaired) electrons. The molecule has 0 saturated carbocycles. The summed E-state index contributed by atoms with van der Waals surface area (Å²) in [6.07, 6.45) is 3.79. The molecule has 2 aromatic rings. The Morgan fingerprint density at radius 1 is 1.33 bits per heavy atom. The highest BCUT2D eigenvalue weighted by molar-refractivity contribution is 7.88.